The molecule has 0 heterocycles. The highest BCUT2D eigenvalue weighted by atomic mass is 16.5. The summed E-state index contributed by atoms with van der Waals surface area (Å²) in [4.78, 5) is 23.3. The van der Waals surface area contributed by atoms with E-state index in [4.69, 9.17) is 19.9 Å². The van der Waals surface area contributed by atoms with Crippen LogP contribution in [-0.4, -0.2) is 25.6 Å². The first-order valence-corrected chi connectivity index (χ1v) is 7.85. The monoisotopic (exact) mass is 343 g/mol. The van der Waals surface area contributed by atoms with Crippen LogP contribution >= 0.6 is 0 Å². The number of amides is 1. The van der Waals surface area contributed by atoms with Crippen molar-refractivity contribution >= 4 is 11.9 Å². The molecule has 2 N–H and O–H groups in total. The van der Waals surface area contributed by atoms with Gasteiger partial charge in [0.25, 0.3) is 0 Å². The molecular weight excluding hydrogens is 322 g/mol. The maximum absolute atomic E-state index is 12.2. The lowest BCUT2D eigenvalue weighted by molar-refractivity contribution is 0.0472. The van der Waals surface area contributed by atoms with Crippen molar-refractivity contribution in [3.8, 4) is 5.75 Å². The van der Waals surface area contributed by atoms with E-state index in [0.29, 0.717) is 30.1 Å². The van der Waals surface area contributed by atoms with Crippen LogP contribution in [0, 0.1) is 0 Å². The zero-order chi connectivity index (χ0) is 18.2. The highest BCUT2D eigenvalue weighted by molar-refractivity contribution is 5.92. The molecule has 25 heavy (non-hydrogen) atoms. The van der Waals surface area contributed by atoms with Gasteiger partial charge in [-0.25, -0.2) is 4.79 Å². The van der Waals surface area contributed by atoms with Crippen molar-refractivity contribution in [3.05, 3.63) is 64.7 Å². The van der Waals surface area contributed by atoms with Gasteiger partial charge in [0, 0.05) is 17.7 Å². The minimum absolute atomic E-state index is 0.102. The average Bonchev–Trinajstić information content (AvgIpc) is 2.64. The third-order valence-electron chi connectivity index (χ3n) is 3.59. The summed E-state index contributed by atoms with van der Waals surface area (Å²) in [5.41, 5.74) is 7.57. The molecule has 0 aliphatic rings. The van der Waals surface area contributed by atoms with Gasteiger partial charge in [-0.2, -0.15) is 0 Å². The fourth-order valence-corrected chi connectivity index (χ4v) is 2.23. The molecule has 0 spiro atoms. The normalized spacial score (nSPS) is 10.3. The van der Waals surface area contributed by atoms with Crippen LogP contribution in [0.15, 0.2) is 42.5 Å². The molecule has 6 heteroatoms. The summed E-state index contributed by atoms with van der Waals surface area (Å²) in [7, 11) is 1.57. The molecule has 0 saturated carbocycles. The van der Waals surface area contributed by atoms with E-state index in [1.54, 1.807) is 49.6 Å². The number of primary amides is 1. The largest absolute Gasteiger partial charge is 0.496 e. The van der Waals surface area contributed by atoms with Crippen LogP contribution in [-0.2, 0) is 22.7 Å². The molecule has 1 amide bonds. The molecule has 2 aromatic rings. The number of nitrogens with two attached hydrogens (primary N) is 1. The topological polar surface area (TPSA) is 87.9 Å². The number of carbonyl (C=O) groups is 2. The third-order valence-corrected chi connectivity index (χ3v) is 3.59. The summed E-state index contributed by atoms with van der Waals surface area (Å²) in [6.45, 7) is 2.92. The standard InChI is InChI=1S/C19H21NO5/c1-3-24-12-16-10-15(8-9-17(16)23-2)19(22)25-11-13-4-6-14(7-5-13)18(20)21/h4-10H,3,11-12H2,1-2H3,(H2,20,21). The van der Waals surface area contributed by atoms with E-state index in [9.17, 15) is 9.59 Å². The Hall–Kier alpha value is -2.86. The summed E-state index contributed by atoms with van der Waals surface area (Å²) < 4.78 is 16.0. The highest BCUT2D eigenvalue weighted by Gasteiger charge is 2.12. The molecule has 2 aromatic carbocycles. The van der Waals surface area contributed by atoms with Gasteiger partial charge in [-0.15, -0.1) is 0 Å². The van der Waals surface area contributed by atoms with Crippen molar-refractivity contribution < 1.29 is 23.8 Å². The maximum atomic E-state index is 12.2. The van der Waals surface area contributed by atoms with Crippen LogP contribution in [0.2, 0.25) is 0 Å². The Balaban J connectivity index is 2.03. The molecule has 0 unspecified atom stereocenters. The first-order valence-electron chi connectivity index (χ1n) is 7.85. The van der Waals surface area contributed by atoms with E-state index < -0.39 is 11.9 Å². The van der Waals surface area contributed by atoms with Gasteiger partial charge in [-0.3, -0.25) is 4.79 Å². The number of hydrogen-bond donors (Lipinski definition) is 1. The predicted molar refractivity (Wildman–Crippen MR) is 92.4 cm³/mol. The second kappa shape index (κ2) is 8.84. The van der Waals surface area contributed by atoms with Gasteiger partial charge in [0.1, 0.15) is 12.4 Å². The van der Waals surface area contributed by atoms with Crippen molar-refractivity contribution in [2.75, 3.05) is 13.7 Å². The molecule has 0 saturated heterocycles. The molecule has 0 atom stereocenters. The van der Waals surface area contributed by atoms with Gasteiger partial charge in [-0.05, 0) is 42.8 Å². The number of benzene rings is 2. The van der Waals surface area contributed by atoms with Crippen LogP contribution in [0.25, 0.3) is 0 Å². The second-order valence-corrected chi connectivity index (χ2v) is 5.30. The molecule has 6 nitrogen and oxygen atoms in total. The number of carbonyl (C=O) groups excluding carboxylic acids is 2. The summed E-state index contributed by atoms with van der Waals surface area (Å²) in [5.74, 6) is -0.282. The molecule has 0 fully saturated rings. The van der Waals surface area contributed by atoms with Gasteiger partial charge in [0.2, 0.25) is 5.91 Å². The summed E-state index contributed by atoms with van der Waals surface area (Å²) in [6.07, 6.45) is 0. The minimum Gasteiger partial charge on any atom is -0.496 e. The van der Waals surface area contributed by atoms with Gasteiger partial charge in [0.15, 0.2) is 0 Å². The molecule has 132 valence electrons. The van der Waals surface area contributed by atoms with Gasteiger partial charge in [0.05, 0.1) is 19.3 Å². The Bertz CT molecular complexity index is 740. The second-order valence-electron chi connectivity index (χ2n) is 5.30. The fraction of sp³-hybridized carbons (Fsp3) is 0.263. The van der Waals surface area contributed by atoms with E-state index >= 15 is 0 Å². The molecule has 0 bridgehead atoms. The Morgan fingerprint density at radius 3 is 2.28 bits per heavy atom. The number of ether oxygens (including phenoxy) is 3. The maximum Gasteiger partial charge on any atom is 0.338 e. The minimum atomic E-state index is -0.497. The van der Waals surface area contributed by atoms with Crippen molar-refractivity contribution in [1.82, 2.24) is 0 Å². The zero-order valence-electron chi connectivity index (χ0n) is 14.3. The van der Waals surface area contributed by atoms with Crippen molar-refractivity contribution in [1.29, 1.82) is 0 Å². The average molecular weight is 343 g/mol. The van der Waals surface area contributed by atoms with Crippen molar-refractivity contribution in [3.63, 3.8) is 0 Å². The predicted octanol–water partition coefficient (Wildman–Crippen LogP) is 2.69. The third kappa shape index (κ3) is 5.06. The Kier molecular flexibility index (Phi) is 6.54. The lowest BCUT2D eigenvalue weighted by Gasteiger charge is -2.11. The van der Waals surface area contributed by atoms with Crippen LogP contribution in [0.1, 0.15) is 38.8 Å². The van der Waals surface area contributed by atoms with E-state index in [1.807, 2.05) is 6.92 Å². The molecule has 2 rings (SSSR count). The summed E-state index contributed by atoms with van der Waals surface area (Å²) >= 11 is 0. The fourth-order valence-electron chi connectivity index (χ4n) is 2.23. The first-order chi connectivity index (χ1) is 12.0. The lowest BCUT2D eigenvalue weighted by Crippen LogP contribution is -2.11. The van der Waals surface area contributed by atoms with Crippen LogP contribution in [0.5, 0.6) is 5.75 Å². The SMILES string of the molecule is CCOCc1cc(C(=O)OCc2ccc(C(N)=O)cc2)ccc1OC. The van der Waals surface area contributed by atoms with Crippen molar-refractivity contribution in [2.45, 2.75) is 20.1 Å². The number of esters is 1. The quantitative estimate of drug-likeness (QED) is 0.745. The highest BCUT2D eigenvalue weighted by Crippen LogP contribution is 2.21. The number of hydrogen-bond acceptors (Lipinski definition) is 5. The zero-order valence-corrected chi connectivity index (χ0v) is 14.3. The Morgan fingerprint density at radius 2 is 1.68 bits per heavy atom. The van der Waals surface area contributed by atoms with Crippen LogP contribution < -0.4 is 10.5 Å². The van der Waals surface area contributed by atoms with E-state index in [0.717, 1.165) is 11.1 Å². The molecule has 0 aliphatic carbocycles. The summed E-state index contributed by atoms with van der Waals surface area (Å²) in [5, 5.41) is 0. The van der Waals surface area contributed by atoms with Gasteiger partial charge in [-0.1, -0.05) is 12.1 Å². The molecular formula is C19H21NO5. The first kappa shape index (κ1) is 18.5. The van der Waals surface area contributed by atoms with E-state index in [1.165, 1.54) is 0 Å². The number of rotatable bonds is 8. The van der Waals surface area contributed by atoms with Crippen LogP contribution in [0.4, 0.5) is 0 Å². The lowest BCUT2D eigenvalue weighted by atomic mass is 10.1. The molecule has 0 aliphatic heterocycles. The molecule has 0 radical (unpaired) electrons. The van der Waals surface area contributed by atoms with Gasteiger partial charge < -0.3 is 19.9 Å². The Labute approximate surface area is 146 Å². The smallest absolute Gasteiger partial charge is 0.338 e. The Morgan fingerprint density at radius 1 is 1.00 bits per heavy atom. The molecule has 0 aromatic heterocycles. The van der Waals surface area contributed by atoms with E-state index in [2.05, 4.69) is 0 Å². The van der Waals surface area contributed by atoms with E-state index in [-0.39, 0.29) is 6.61 Å². The van der Waals surface area contributed by atoms with Crippen LogP contribution in [0.3, 0.4) is 0 Å². The van der Waals surface area contributed by atoms with Gasteiger partial charge >= 0.3 is 5.97 Å². The number of methoxy groups -OCH3 is 1. The van der Waals surface area contributed by atoms with Crippen molar-refractivity contribution in [2.24, 2.45) is 5.73 Å². The summed E-state index contributed by atoms with van der Waals surface area (Å²) in [6, 6.07) is 11.6.